The van der Waals surface area contributed by atoms with E-state index in [0.717, 1.165) is 48.2 Å². The minimum atomic E-state index is -0.834. The predicted octanol–water partition coefficient (Wildman–Crippen LogP) is 4.48. The fourth-order valence-electron chi connectivity index (χ4n) is 6.23. The summed E-state index contributed by atoms with van der Waals surface area (Å²) in [5.74, 6) is 1.76. The Balaban J connectivity index is 1.39. The maximum Gasteiger partial charge on any atom is 0.408 e. The summed E-state index contributed by atoms with van der Waals surface area (Å²) in [6.07, 6.45) is 4.07. The van der Waals surface area contributed by atoms with Crippen molar-refractivity contribution in [3.8, 4) is 34.0 Å². The van der Waals surface area contributed by atoms with E-state index in [-0.39, 0.29) is 23.9 Å². The van der Waals surface area contributed by atoms with E-state index >= 15 is 0 Å². The molecule has 1 aromatic carbocycles. The van der Waals surface area contributed by atoms with E-state index in [0.29, 0.717) is 17.3 Å². The number of aromatic nitrogens is 4. The second kappa shape index (κ2) is 10.3. The first-order valence-corrected chi connectivity index (χ1v) is 12.9. The lowest BCUT2D eigenvalue weighted by Crippen LogP contribution is -2.62. The fraction of sp³-hybridized carbons (Fsp3) is 0.464. The van der Waals surface area contributed by atoms with Crippen LogP contribution in [-0.4, -0.2) is 81.7 Å². The largest absolute Gasteiger partial charge is 0.480 e. The minimum absolute atomic E-state index is 0.0786. The zero-order valence-electron chi connectivity index (χ0n) is 22.9. The quantitative estimate of drug-likeness (QED) is 0.414. The summed E-state index contributed by atoms with van der Waals surface area (Å²) in [6, 6.07) is 11.6. The van der Waals surface area contributed by atoms with Crippen LogP contribution in [0.25, 0.3) is 22.4 Å². The number of ether oxygens (including phenoxy) is 3. The second-order valence-electron chi connectivity index (χ2n) is 10.8. The lowest BCUT2D eigenvalue weighted by atomic mass is 9.82. The molecule has 2 unspecified atom stereocenters. The Morgan fingerprint density at radius 1 is 1.05 bits per heavy atom. The Morgan fingerprint density at radius 3 is 2.41 bits per heavy atom. The van der Waals surface area contributed by atoms with Crippen LogP contribution in [0.1, 0.15) is 39.5 Å². The number of fused-ring (bicyclic) bond motifs is 2. The molecule has 2 aliphatic heterocycles. The van der Waals surface area contributed by atoms with Crippen molar-refractivity contribution >= 4 is 11.9 Å². The first-order chi connectivity index (χ1) is 18.7. The molecule has 3 aromatic rings. The van der Waals surface area contributed by atoms with Crippen molar-refractivity contribution in [2.75, 3.05) is 33.0 Å². The summed E-state index contributed by atoms with van der Waals surface area (Å²) < 4.78 is 16.2. The van der Waals surface area contributed by atoms with Crippen LogP contribution in [0.5, 0.6) is 11.6 Å². The Bertz CT molecular complexity index is 1330. The van der Waals surface area contributed by atoms with Crippen LogP contribution in [-0.2, 0) is 4.74 Å². The molecule has 11 heteroatoms. The Labute approximate surface area is 227 Å². The van der Waals surface area contributed by atoms with Gasteiger partial charge in [-0.25, -0.2) is 4.79 Å². The molecule has 4 heterocycles. The van der Waals surface area contributed by atoms with E-state index in [2.05, 4.69) is 39.1 Å². The van der Waals surface area contributed by atoms with Gasteiger partial charge in [0.2, 0.25) is 5.88 Å². The fourth-order valence-corrected chi connectivity index (χ4v) is 6.23. The molecule has 3 atom stereocenters. The van der Waals surface area contributed by atoms with Gasteiger partial charge in [0.1, 0.15) is 5.75 Å². The molecule has 5 rings (SSSR count). The molecule has 2 aliphatic rings. The van der Waals surface area contributed by atoms with Crippen molar-refractivity contribution in [2.24, 2.45) is 0 Å². The maximum atomic E-state index is 12.0. The van der Waals surface area contributed by atoms with Gasteiger partial charge in [-0.2, -0.15) is 5.10 Å². The van der Waals surface area contributed by atoms with Gasteiger partial charge in [-0.3, -0.25) is 4.90 Å². The van der Waals surface area contributed by atoms with Gasteiger partial charge in [0, 0.05) is 48.5 Å². The number of hydrogen-bond donors (Lipinski definition) is 1. The highest BCUT2D eigenvalue weighted by Crippen LogP contribution is 2.51. The summed E-state index contributed by atoms with van der Waals surface area (Å²) in [6.45, 7) is 4.20. The van der Waals surface area contributed by atoms with Gasteiger partial charge in [-0.1, -0.05) is 6.07 Å². The van der Waals surface area contributed by atoms with Crippen molar-refractivity contribution in [1.82, 2.24) is 25.3 Å². The molecule has 0 spiro atoms. The third-order valence-corrected chi connectivity index (χ3v) is 8.15. The standard InChI is InChI=1S/C28H34N6O5/c1-27-10-11-28(2,34(27)26(35)36)15-20(14-27)33(3)24-9-8-22(30-31-24)21-7-6-18(12-23(21)39-17-37-4)19-13-25(38-5)32-29-16-19/h6-9,12-13,16,20H,10-11,14-15,17H2,1-5H3,(H,35,36)/t20?,27-,28?/m1/s1. The van der Waals surface area contributed by atoms with Gasteiger partial charge < -0.3 is 24.2 Å². The number of carboxylic acid groups (broad SMARTS) is 1. The van der Waals surface area contributed by atoms with E-state index in [1.165, 1.54) is 0 Å². The monoisotopic (exact) mass is 534 g/mol. The number of anilines is 1. The number of methoxy groups -OCH3 is 2. The number of hydrogen-bond acceptors (Lipinski definition) is 9. The minimum Gasteiger partial charge on any atom is -0.480 e. The number of piperidine rings is 1. The van der Waals surface area contributed by atoms with Crippen LogP contribution in [0.4, 0.5) is 10.6 Å². The molecule has 1 N–H and O–H groups in total. The van der Waals surface area contributed by atoms with E-state index in [4.69, 9.17) is 14.2 Å². The molecule has 2 saturated heterocycles. The van der Waals surface area contributed by atoms with Gasteiger partial charge in [-0.05, 0) is 69.4 Å². The van der Waals surface area contributed by atoms with Crippen LogP contribution in [0.3, 0.4) is 0 Å². The van der Waals surface area contributed by atoms with Crippen LogP contribution < -0.4 is 14.4 Å². The molecule has 2 fully saturated rings. The van der Waals surface area contributed by atoms with E-state index in [1.807, 2.05) is 37.4 Å². The van der Waals surface area contributed by atoms with Crippen molar-refractivity contribution < 1.29 is 24.1 Å². The van der Waals surface area contributed by atoms with Gasteiger partial charge in [0.05, 0.1) is 19.0 Å². The lowest BCUT2D eigenvalue weighted by Gasteiger charge is -2.51. The average molecular weight is 535 g/mol. The highest BCUT2D eigenvalue weighted by Gasteiger charge is 2.58. The van der Waals surface area contributed by atoms with Gasteiger partial charge in [0.25, 0.3) is 0 Å². The average Bonchev–Trinajstić information content (AvgIpc) is 3.12. The molecule has 2 aromatic heterocycles. The summed E-state index contributed by atoms with van der Waals surface area (Å²) in [7, 11) is 5.13. The summed E-state index contributed by atoms with van der Waals surface area (Å²) in [5, 5.41) is 26.9. The van der Waals surface area contributed by atoms with E-state index in [9.17, 15) is 9.90 Å². The van der Waals surface area contributed by atoms with Crippen LogP contribution >= 0.6 is 0 Å². The zero-order chi connectivity index (χ0) is 27.8. The SMILES string of the molecule is COCOc1cc(-c2cnnc(OC)c2)ccc1-c1ccc(N(C)C2CC3(C)CC[C@](C)(C2)N3C(=O)O)nn1. The molecule has 0 radical (unpaired) electrons. The summed E-state index contributed by atoms with van der Waals surface area (Å²) >= 11 is 0. The first-order valence-electron chi connectivity index (χ1n) is 12.9. The van der Waals surface area contributed by atoms with Crippen molar-refractivity contribution in [3.63, 3.8) is 0 Å². The molecule has 206 valence electrons. The van der Waals surface area contributed by atoms with Crippen molar-refractivity contribution in [3.05, 3.63) is 42.6 Å². The van der Waals surface area contributed by atoms with Crippen molar-refractivity contribution in [2.45, 2.75) is 56.7 Å². The van der Waals surface area contributed by atoms with Gasteiger partial charge in [-0.15, -0.1) is 15.3 Å². The highest BCUT2D eigenvalue weighted by molar-refractivity contribution is 5.75. The maximum absolute atomic E-state index is 12.0. The zero-order valence-corrected chi connectivity index (χ0v) is 22.9. The first kappa shape index (κ1) is 26.6. The second-order valence-corrected chi connectivity index (χ2v) is 10.8. The van der Waals surface area contributed by atoms with Gasteiger partial charge >= 0.3 is 6.09 Å². The Hall–Kier alpha value is -3.99. The lowest BCUT2D eigenvalue weighted by molar-refractivity contribution is 0.0131. The van der Waals surface area contributed by atoms with Gasteiger partial charge in [0.15, 0.2) is 12.6 Å². The molecular formula is C28H34N6O5. The molecule has 2 bridgehead atoms. The van der Waals surface area contributed by atoms with Crippen molar-refractivity contribution in [1.29, 1.82) is 0 Å². The third kappa shape index (κ3) is 4.94. The number of nitrogens with zero attached hydrogens (tertiary/aromatic N) is 6. The van der Waals surface area contributed by atoms with Crippen LogP contribution in [0.15, 0.2) is 42.6 Å². The number of benzene rings is 1. The van der Waals surface area contributed by atoms with Crippen LogP contribution in [0.2, 0.25) is 0 Å². The molecule has 39 heavy (non-hydrogen) atoms. The third-order valence-electron chi connectivity index (χ3n) is 8.15. The topological polar surface area (TPSA) is 123 Å². The molecular weight excluding hydrogens is 500 g/mol. The summed E-state index contributed by atoms with van der Waals surface area (Å²) in [5.41, 5.74) is 2.40. The Morgan fingerprint density at radius 2 is 1.79 bits per heavy atom. The molecule has 0 aliphatic carbocycles. The number of rotatable bonds is 8. The number of carbonyl (C=O) groups is 1. The summed E-state index contributed by atoms with van der Waals surface area (Å²) in [4.78, 5) is 15.8. The predicted molar refractivity (Wildman–Crippen MR) is 145 cm³/mol. The Kier molecular flexibility index (Phi) is 7.02. The normalized spacial score (nSPS) is 23.9. The molecule has 1 amide bonds. The molecule has 0 saturated carbocycles. The number of amides is 1. The van der Waals surface area contributed by atoms with E-state index < -0.39 is 6.09 Å². The smallest absolute Gasteiger partial charge is 0.408 e. The van der Waals surface area contributed by atoms with E-state index in [1.54, 1.807) is 31.4 Å². The highest BCUT2D eigenvalue weighted by atomic mass is 16.7. The molecule has 11 nitrogen and oxygen atoms in total. The van der Waals surface area contributed by atoms with Crippen LogP contribution in [0, 0.1) is 0 Å².